The number of amides is 1. The Morgan fingerprint density at radius 2 is 1.85 bits per heavy atom. The Kier molecular flexibility index (Phi) is 5.43. The zero-order valence-corrected chi connectivity index (χ0v) is 16.3. The van der Waals surface area contributed by atoms with Crippen LogP contribution < -0.4 is 10.1 Å². The average Bonchev–Trinajstić information content (AvgIpc) is 3.03. The summed E-state index contributed by atoms with van der Waals surface area (Å²) in [5.74, 6) is -0.181. The van der Waals surface area contributed by atoms with Gasteiger partial charge in [0.2, 0.25) is 10.0 Å². The van der Waals surface area contributed by atoms with E-state index in [1.165, 1.54) is 16.9 Å². The summed E-state index contributed by atoms with van der Waals surface area (Å²) in [5, 5.41) is 6.11. The maximum Gasteiger partial charge on any atom is 0.272 e. The van der Waals surface area contributed by atoms with Gasteiger partial charge in [-0.3, -0.25) is 9.52 Å². The van der Waals surface area contributed by atoms with Gasteiger partial charge in [-0.2, -0.15) is 5.10 Å². The molecule has 0 saturated carbocycles. The number of nitrogens with zero attached hydrogens (tertiary/aromatic N) is 1. The van der Waals surface area contributed by atoms with Gasteiger partial charge >= 0.3 is 0 Å². The molecule has 0 saturated heterocycles. The molecule has 0 atom stereocenters. The van der Waals surface area contributed by atoms with Crippen LogP contribution in [0.4, 0.5) is 5.69 Å². The van der Waals surface area contributed by atoms with E-state index in [1.54, 1.807) is 42.5 Å². The summed E-state index contributed by atoms with van der Waals surface area (Å²) in [4.78, 5) is 13.8. The number of sulfonamides is 1. The lowest BCUT2D eigenvalue weighted by atomic mass is 9.96. The first-order chi connectivity index (χ1) is 12.3. The Morgan fingerprint density at radius 1 is 1.15 bits per heavy atom. The number of benzene rings is 1. The number of fused-ring (bicyclic) bond motifs is 1. The smallest absolute Gasteiger partial charge is 0.272 e. The van der Waals surface area contributed by atoms with Crippen LogP contribution in [-0.4, -0.2) is 26.3 Å². The molecule has 26 heavy (non-hydrogen) atoms. The Bertz CT molecular complexity index is 945. The molecule has 0 fully saturated rings. The first-order valence-corrected chi connectivity index (χ1v) is 11.1. The second-order valence-corrected chi connectivity index (χ2v) is 9.06. The minimum absolute atomic E-state index is 0.181. The molecular formula is C18H21N3O3S2. The highest BCUT2D eigenvalue weighted by molar-refractivity contribution is 7.92. The van der Waals surface area contributed by atoms with Crippen LogP contribution in [0.15, 0.2) is 34.7 Å². The van der Waals surface area contributed by atoms with E-state index in [2.05, 4.69) is 15.2 Å². The van der Waals surface area contributed by atoms with Crippen molar-refractivity contribution in [3.8, 4) is 0 Å². The van der Waals surface area contributed by atoms with Gasteiger partial charge in [-0.05, 0) is 55.9 Å². The molecule has 2 N–H and O–H groups in total. The lowest BCUT2D eigenvalue weighted by Gasteiger charge is -2.12. The van der Waals surface area contributed by atoms with Gasteiger partial charge in [-0.15, -0.1) is 11.3 Å². The summed E-state index contributed by atoms with van der Waals surface area (Å²) in [7, 11) is -3.30. The first-order valence-electron chi connectivity index (χ1n) is 8.35. The van der Waals surface area contributed by atoms with Gasteiger partial charge < -0.3 is 0 Å². The number of aryl methyl sites for hydroxylation is 1. The molecule has 0 bridgehead atoms. The number of anilines is 1. The quantitative estimate of drug-likeness (QED) is 0.606. The molecule has 6 nitrogen and oxygen atoms in total. The van der Waals surface area contributed by atoms with Crippen LogP contribution in [0.1, 0.15) is 46.1 Å². The van der Waals surface area contributed by atoms with E-state index in [1.807, 2.05) is 5.38 Å². The van der Waals surface area contributed by atoms with Crippen LogP contribution >= 0.6 is 11.3 Å². The summed E-state index contributed by atoms with van der Waals surface area (Å²) in [5.41, 5.74) is 6.46. The predicted molar refractivity (Wildman–Crippen MR) is 106 cm³/mol. The summed E-state index contributed by atoms with van der Waals surface area (Å²) in [6.07, 6.45) is 5.44. The average molecular weight is 392 g/mol. The zero-order valence-electron chi connectivity index (χ0n) is 14.7. The van der Waals surface area contributed by atoms with Crippen LogP contribution in [0.5, 0.6) is 0 Å². The van der Waals surface area contributed by atoms with Crippen LogP contribution in [0.25, 0.3) is 0 Å². The van der Waals surface area contributed by atoms with Crippen molar-refractivity contribution >= 4 is 38.7 Å². The maximum atomic E-state index is 12.4. The maximum absolute atomic E-state index is 12.4. The van der Waals surface area contributed by atoms with E-state index in [4.69, 9.17) is 0 Å². The van der Waals surface area contributed by atoms with Crippen molar-refractivity contribution < 1.29 is 13.2 Å². The molecule has 1 aromatic heterocycles. The Labute approximate surface area is 157 Å². The molecule has 2 aromatic rings. The number of hydrogen-bond acceptors (Lipinski definition) is 5. The second-order valence-electron chi connectivity index (χ2n) is 6.35. The minimum Gasteiger partial charge on any atom is -0.284 e. The van der Waals surface area contributed by atoms with Gasteiger partial charge in [-0.1, -0.05) is 12.1 Å². The Hall–Kier alpha value is -2.19. The van der Waals surface area contributed by atoms with Crippen molar-refractivity contribution in [2.45, 2.75) is 32.6 Å². The fourth-order valence-electron chi connectivity index (χ4n) is 2.94. The molecule has 0 spiro atoms. The zero-order chi connectivity index (χ0) is 18.7. The SMILES string of the molecule is C/C(=N/NC(=O)c1csc2c1CCCC2)c1ccc(NS(C)(=O)=O)cc1. The van der Waals surface area contributed by atoms with E-state index in [9.17, 15) is 13.2 Å². The molecule has 8 heteroatoms. The number of carbonyl (C=O) groups is 1. The van der Waals surface area contributed by atoms with Crippen molar-refractivity contribution in [2.24, 2.45) is 5.10 Å². The van der Waals surface area contributed by atoms with Crippen molar-refractivity contribution in [1.29, 1.82) is 0 Å². The normalized spacial score (nSPS) is 14.6. The highest BCUT2D eigenvalue weighted by atomic mass is 32.2. The van der Waals surface area contributed by atoms with E-state index in [0.717, 1.165) is 36.6 Å². The van der Waals surface area contributed by atoms with E-state index >= 15 is 0 Å². The molecule has 0 radical (unpaired) electrons. The molecule has 1 aliphatic carbocycles. The van der Waals surface area contributed by atoms with E-state index in [-0.39, 0.29) is 5.91 Å². The van der Waals surface area contributed by atoms with E-state index in [0.29, 0.717) is 11.4 Å². The van der Waals surface area contributed by atoms with Crippen LogP contribution in [-0.2, 0) is 22.9 Å². The Balaban J connectivity index is 1.68. The number of hydrazone groups is 1. The summed E-state index contributed by atoms with van der Waals surface area (Å²) in [6, 6.07) is 6.83. The standard InChI is InChI=1S/C18H21N3O3S2/c1-12(13-7-9-14(10-8-13)21-26(2,23)24)19-20-18(22)16-11-25-17-6-4-3-5-15(16)17/h7-11,21H,3-6H2,1-2H3,(H,20,22)/b19-12-. The lowest BCUT2D eigenvalue weighted by molar-refractivity contribution is 0.0954. The molecular weight excluding hydrogens is 370 g/mol. The number of hydrogen-bond donors (Lipinski definition) is 2. The highest BCUT2D eigenvalue weighted by Gasteiger charge is 2.19. The molecule has 1 amide bonds. The van der Waals surface area contributed by atoms with Crippen LogP contribution in [0, 0.1) is 0 Å². The first kappa shape index (κ1) is 18.6. The molecule has 0 aliphatic heterocycles. The molecule has 1 aliphatic rings. The van der Waals surface area contributed by atoms with Crippen molar-refractivity contribution in [1.82, 2.24) is 5.43 Å². The highest BCUT2D eigenvalue weighted by Crippen LogP contribution is 2.30. The molecule has 1 aromatic carbocycles. The van der Waals surface area contributed by atoms with Crippen LogP contribution in [0.3, 0.4) is 0 Å². The third kappa shape index (κ3) is 4.50. The molecule has 0 unspecified atom stereocenters. The molecule has 138 valence electrons. The minimum atomic E-state index is -3.30. The topological polar surface area (TPSA) is 87.6 Å². The Morgan fingerprint density at radius 3 is 2.54 bits per heavy atom. The summed E-state index contributed by atoms with van der Waals surface area (Å²) in [6.45, 7) is 1.79. The molecule has 1 heterocycles. The summed E-state index contributed by atoms with van der Waals surface area (Å²) < 4.78 is 24.9. The largest absolute Gasteiger partial charge is 0.284 e. The third-order valence-corrected chi connectivity index (χ3v) is 5.93. The number of carbonyl (C=O) groups excluding carboxylic acids is 1. The van der Waals surface area contributed by atoms with Gasteiger partial charge in [0.25, 0.3) is 5.91 Å². The third-order valence-electron chi connectivity index (χ3n) is 4.24. The van der Waals surface area contributed by atoms with Crippen molar-refractivity contribution in [3.63, 3.8) is 0 Å². The van der Waals surface area contributed by atoms with Gasteiger partial charge in [0.15, 0.2) is 0 Å². The second kappa shape index (κ2) is 7.59. The molecule has 3 rings (SSSR count). The predicted octanol–water partition coefficient (Wildman–Crippen LogP) is 3.15. The number of thiophene rings is 1. The number of nitrogens with one attached hydrogen (secondary N) is 2. The summed E-state index contributed by atoms with van der Waals surface area (Å²) >= 11 is 1.65. The fourth-order valence-corrected chi connectivity index (χ4v) is 4.63. The van der Waals surface area contributed by atoms with E-state index < -0.39 is 10.0 Å². The number of rotatable bonds is 5. The van der Waals surface area contributed by atoms with Crippen molar-refractivity contribution in [2.75, 3.05) is 11.0 Å². The van der Waals surface area contributed by atoms with Crippen LogP contribution in [0.2, 0.25) is 0 Å². The van der Waals surface area contributed by atoms with Gasteiger partial charge in [-0.25, -0.2) is 13.8 Å². The van der Waals surface area contributed by atoms with Gasteiger partial charge in [0.1, 0.15) is 0 Å². The fraction of sp³-hybridized carbons (Fsp3) is 0.333. The van der Waals surface area contributed by atoms with Crippen molar-refractivity contribution in [3.05, 3.63) is 51.2 Å². The monoisotopic (exact) mass is 391 g/mol. The lowest BCUT2D eigenvalue weighted by Crippen LogP contribution is -2.20. The van der Waals surface area contributed by atoms with Gasteiger partial charge in [0, 0.05) is 15.9 Å². The van der Waals surface area contributed by atoms with Gasteiger partial charge in [0.05, 0.1) is 17.5 Å².